The van der Waals surface area contributed by atoms with Gasteiger partial charge in [-0.3, -0.25) is 9.69 Å². The monoisotopic (exact) mass is 292 g/mol. The molecule has 112 valence electrons. The zero-order valence-electron chi connectivity index (χ0n) is 11.9. The van der Waals surface area contributed by atoms with Gasteiger partial charge in [0.25, 0.3) is 0 Å². The van der Waals surface area contributed by atoms with Crippen molar-refractivity contribution < 1.29 is 17.9 Å². The third kappa shape index (κ3) is 5.88. The predicted molar refractivity (Wildman–Crippen MR) is 73.8 cm³/mol. The average molecular weight is 292 g/mol. The first-order valence-electron chi connectivity index (χ1n) is 6.69. The second-order valence-electron chi connectivity index (χ2n) is 5.08. The molecule has 0 spiro atoms. The molecule has 1 rings (SSSR count). The summed E-state index contributed by atoms with van der Waals surface area (Å²) in [5.74, 6) is 0.0682. The predicted octanol–water partition coefficient (Wildman–Crippen LogP) is -0.353. The van der Waals surface area contributed by atoms with E-state index in [0.29, 0.717) is 26.2 Å². The highest BCUT2D eigenvalue weighted by atomic mass is 32.2. The van der Waals surface area contributed by atoms with Gasteiger partial charge in [-0.15, -0.1) is 0 Å². The van der Waals surface area contributed by atoms with Crippen molar-refractivity contribution in [1.82, 2.24) is 10.2 Å². The molecule has 6 nitrogen and oxygen atoms in total. The highest BCUT2D eigenvalue weighted by Gasteiger charge is 2.27. The van der Waals surface area contributed by atoms with Crippen molar-refractivity contribution >= 4 is 15.8 Å². The molecule has 0 aromatic heterocycles. The molecule has 1 unspecified atom stereocenters. The van der Waals surface area contributed by atoms with Gasteiger partial charge in [0.2, 0.25) is 0 Å². The molecule has 0 bridgehead atoms. The van der Waals surface area contributed by atoms with E-state index in [1.807, 2.05) is 18.7 Å². The van der Waals surface area contributed by atoms with E-state index < -0.39 is 15.9 Å². The Morgan fingerprint density at radius 1 is 1.32 bits per heavy atom. The van der Waals surface area contributed by atoms with Crippen LogP contribution in [-0.4, -0.2) is 69.1 Å². The molecule has 0 radical (unpaired) electrons. The van der Waals surface area contributed by atoms with Gasteiger partial charge in [0, 0.05) is 25.7 Å². The fourth-order valence-corrected chi connectivity index (χ4v) is 3.31. The van der Waals surface area contributed by atoms with Crippen molar-refractivity contribution in [3.63, 3.8) is 0 Å². The maximum atomic E-state index is 11.9. The molecule has 0 aromatic rings. The van der Waals surface area contributed by atoms with Crippen LogP contribution in [-0.2, 0) is 19.4 Å². The minimum Gasteiger partial charge on any atom is -0.465 e. The smallest absolute Gasteiger partial charge is 0.324 e. The molecule has 1 fully saturated rings. The lowest BCUT2D eigenvalue weighted by molar-refractivity contribution is -0.146. The van der Waals surface area contributed by atoms with Crippen LogP contribution in [0.15, 0.2) is 0 Å². The Morgan fingerprint density at radius 3 is 2.37 bits per heavy atom. The summed E-state index contributed by atoms with van der Waals surface area (Å²) in [5.41, 5.74) is 0. The van der Waals surface area contributed by atoms with Gasteiger partial charge in [0.05, 0.1) is 18.1 Å². The largest absolute Gasteiger partial charge is 0.465 e. The van der Waals surface area contributed by atoms with Gasteiger partial charge >= 0.3 is 5.97 Å². The Hall–Kier alpha value is -0.660. The summed E-state index contributed by atoms with van der Waals surface area (Å²) in [5, 5.41) is 3.17. The van der Waals surface area contributed by atoms with E-state index in [4.69, 9.17) is 4.74 Å². The summed E-state index contributed by atoms with van der Waals surface area (Å²) in [4.78, 5) is 13.8. The van der Waals surface area contributed by atoms with Gasteiger partial charge in [0.15, 0.2) is 9.84 Å². The maximum Gasteiger partial charge on any atom is 0.324 e. The average Bonchev–Trinajstić information content (AvgIpc) is 2.30. The van der Waals surface area contributed by atoms with Crippen LogP contribution in [0.1, 0.15) is 20.8 Å². The number of hydrogen-bond donors (Lipinski definition) is 1. The molecule has 1 aliphatic heterocycles. The molecule has 1 N–H and O–H groups in total. The van der Waals surface area contributed by atoms with Crippen molar-refractivity contribution in [3.05, 3.63) is 0 Å². The van der Waals surface area contributed by atoms with Gasteiger partial charge < -0.3 is 10.1 Å². The van der Waals surface area contributed by atoms with E-state index in [1.165, 1.54) is 0 Å². The number of ether oxygens (including phenoxy) is 1. The summed E-state index contributed by atoms with van der Waals surface area (Å²) < 4.78 is 27.8. The number of rotatable bonds is 6. The van der Waals surface area contributed by atoms with Gasteiger partial charge in [-0.1, -0.05) is 13.8 Å². The number of carbonyl (C=O) groups is 1. The molecule has 0 amide bonds. The molecular formula is C12H24N2O4S. The van der Waals surface area contributed by atoms with Gasteiger partial charge in [-0.25, -0.2) is 8.42 Å². The normalized spacial score (nSPS) is 21.3. The fraction of sp³-hybridized carbons (Fsp3) is 0.917. The van der Waals surface area contributed by atoms with Crippen LogP contribution < -0.4 is 5.32 Å². The van der Waals surface area contributed by atoms with Crippen LogP contribution in [0.2, 0.25) is 0 Å². The Morgan fingerprint density at radius 2 is 1.89 bits per heavy atom. The Kier molecular flexibility index (Phi) is 6.22. The van der Waals surface area contributed by atoms with Crippen LogP contribution in [0.3, 0.4) is 0 Å². The topological polar surface area (TPSA) is 75.7 Å². The summed E-state index contributed by atoms with van der Waals surface area (Å²) in [6.45, 7) is 7.52. The van der Waals surface area contributed by atoms with Crippen LogP contribution >= 0.6 is 0 Å². The summed E-state index contributed by atoms with van der Waals surface area (Å²) in [6, 6.07) is -0.233. The van der Waals surface area contributed by atoms with E-state index in [0.717, 1.165) is 0 Å². The van der Waals surface area contributed by atoms with Crippen molar-refractivity contribution in [2.24, 2.45) is 0 Å². The van der Waals surface area contributed by atoms with Crippen LogP contribution in [0, 0.1) is 0 Å². The quantitative estimate of drug-likeness (QED) is 0.674. The first-order chi connectivity index (χ1) is 8.84. The van der Waals surface area contributed by atoms with Gasteiger partial charge in [0.1, 0.15) is 6.04 Å². The second kappa shape index (κ2) is 7.21. The summed E-state index contributed by atoms with van der Waals surface area (Å²) in [7, 11) is -2.88. The Bertz CT molecular complexity index is 381. The van der Waals surface area contributed by atoms with Crippen molar-refractivity contribution in [2.75, 3.05) is 37.7 Å². The molecule has 7 heteroatoms. The number of hydrogen-bond acceptors (Lipinski definition) is 6. The third-order valence-electron chi connectivity index (χ3n) is 2.98. The lowest BCUT2D eigenvalue weighted by Crippen LogP contribution is -2.52. The van der Waals surface area contributed by atoms with E-state index in [1.54, 1.807) is 6.92 Å². The Balaban J connectivity index is 2.55. The molecule has 0 aliphatic carbocycles. The minimum absolute atomic E-state index is 0.169. The maximum absolute atomic E-state index is 11.9. The molecule has 1 heterocycles. The lowest BCUT2D eigenvalue weighted by Gasteiger charge is -2.30. The fourth-order valence-electron chi connectivity index (χ4n) is 2.03. The van der Waals surface area contributed by atoms with Gasteiger partial charge in [-0.05, 0) is 6.92 Å². The number of sulfone groups is 1. The second-order valence-corrected chi connectivity index (χ2v) is 7.38. The first kappa shape index (κ1) is 16.4. The highest BCUT2D eigenvalue weighted by Crippen LogP contribution is 2.05. The minimum atomic E-state index is -2.88. The highest BCUT2D eigenvalue weighted by molar-refractivity contribution is 7.91. The zero-order valence-corrected chi connectivity index (χ0v) is 12.7. The van der Waals surface area contributed by atoms with E-state index in [2.05, 4.69) is 5.32 Å². The lowest BCUT2D eigenvalue weighted by atomic mass is 10.2. The molecule has 0 aromatic carbocycles. The standard InChI is InChI=1S/C12H24N2O4S/c1-4-18-12(15)11(13-10(2)3)9-14-5-7-19(16,17)8-6-14/h10-11,13H,4-9H2,1-3H3. The molecule has 1 atom stereocenters. The van der Waals surface area contributed by atoms with Crippen molar-refractivity contribution in [3.8, 4) is 0 Å². The molecule has 0 saturated carbocycles. The Labute approximate surface area is 115 Å². The first-order valence-corrected chi connectivity index (χ1v) is 8.51. The number of carbonyl (C=O) groups excluding carboxylic acids is 1. The van der Waals surface area contributed by atoms with Crippen molar-refractivity contribution in [2.45, 2.75) is 32.9 Å². The van der Waals surface area contributed by atoms with E-state index >= 15 is 0 Å². The van der Waals surface area contributed by atoms with Crippen molar-refractivity contribution in [1.29, 1.82) is 0 Å². The van der Waals surface area contributed by atoms with Gasteiger partial charge in [-0.2, -0.15) is 0 Å². The number of nitrogens with one attached hydrogen (secondary N) is 1. The van der Waals surface area contributed by atoms with E-state index in [-0.39, 0.29) is 23.5 Å². The van der Waals surface area contributed by atoms with Crippen LogP contribution in [0.4, 0.5) is 0 Å². The molecular weight excluding hydrogens is 268 g/mol. The van der Waals surface area contributed by atoms with Crippen LogP contribution in [0.25, 0.3) is 0 Å². The summed E-state index contributed by atoms with van der Waals surface area (Å²) in [6.07, 6.45) is 0. The van der Waals surface area contributed by atoms with E-state index in [9.17, 15) is 13.2 Å². The molecule has 19 heavy (non-hydrogen) atoms. The molecule has 1 aliphatic rings. The third-order valence-corrected chi connectivity index (χ3v) is 4.59. The molecule has 1 saturated heterocycles. The van der Waals surface area contributed by atoms with Crippen LogP contribution in [0.5, 0.6) is 0 Å². The number of nitrogens with zero attached hydrogens (tertiary/aromatic N) is 1. The number of esters is 1. The summed E-state index contributed by atoms with van der Waals surface area (Å²) >= 11 is 0. The zero-order chi connectivity index (χ0) is 14.5. The SMILES string of the molecule is CCOC(=O)C(CN1CCS(=O)(=O)CC1)NC(C)C.